The molecule has 0 atom stereocenters. The number of aromatic nitrogens is 2. The minimum atomic E-state index is -3.91. The van der Waals surface area contributed by atoms with Gasteiger partial charge in [-0.15, -0.1) is 0 Å². The second-order valence-electron chi connectivity index (χ2n) is 3.63. The molecule has 0 spiro atoms. The largest absolute Gasteiger partial charge is 0.392 e. The molecule has 0 unspecified atom stereocenters. The van der Waals surface area contributed by atoms with E-state index in [-0.39, 0.29) is 26.2 Å². The van der Waals surface area contributed by atoms with E-state index in [2.05, 4.69) is 14.9 Å². The molecule has 0 radical (unpaired) electrons. The average molecular weight is 322 g/mol. The maximum absolute atomic E-state index is 12.2. The highest BCUT2D eigenvalue weighted by atomic mass is 35.5. The van der Waals surface area contributed by atoms with Crippen LogP contribution in [0.3, 0.4) is 0 Å². The summed E-state index contributed by atoms with van der Waals surface area (Å²) in [5.74, 6) is 0. The number of rotatable bonds is 4. The molecule has 2 rings (SSSR count). The topological polar surface area (TPSA) is 95.1 Å². The van der Waals surface area contributed by atoms with E-state index in [0.717, 1.165) is 0 Å². The highest BCUT2D eigenvalue weighted by Crippen LogP contribution is 2.30. The van der Waals surface area contributed by atoms with Crippen LogP contribution in [0.4, 0.5) is 5.69 Å². The summed E-state index contributed by atoms with van der Waals surface area (Å²) in [7, 11) is -3.91. The molecule has 0 bridgehead atoms. The number of anilines is 1. The van der Waals surface area contributed by atoms with Crippen LogP contribution in [0.15, 0.2) is 29.4 Å². The number of sulfonamides is 1. The van der Waals surface area contributed by atoms with Crippen molar-refractivity contribution in [2.24, 2.45) is 0 Å². The van der Waals surface area contributed by atoms with Gasteiger partial charge in [0.25, 0.3) is 10.0 Å². The number of aliphatic hydroxyl groups excluding tert-OH is 1. The fraction of sp³-hybridized carbons (Fsp3) is 0.100. The van der Waals surface area contributed by atoms with Crippen LogP contribution in [0.1, 0.15) is 5.56 Å². The van der Waals surface area contributed by atoms with Crippen molar-refractivity contribution in [1.82, 2.24) is 10.2 Å². The summed E-state index contributed by atoms with van der Waals surface area (Å²) in [6.45, 7) is -0.409. The van der Waals surface area contributed by atoms with Gasteiger partial charge in [0, 0.05) is 11.2 Å². The van der Waals surface area contributed by atoms with Crippen LogP contribution in [0.2, 0.25) is 10.0 Å². The van der Waals surface area contributed by atoms with E-state index in [1.165, 1.54) is 24.5 Å². The molecular weight excluding hydrogens is 313 g/mol. The van der Waals surface area contributed by atoms with E-state index in [4.69, 9.17) is 28.3 Å². The SMILES string of the molecule is O=S(=O)(Nc1cn[nH]c1)c1cc(Cl)cc(CO)c1Cl. The van der Waals surface area contributed by atoms with Gasteiger partial charge in [0.15, 0.2) is 0 Å². The molecule has 0 saturated heterocycles. The van der Waals surface area contributed by atoms with E-state index in [1.54, 1.807) is 0 Å². The van der Waals surface area contributed by atoms with E-state index in [9.17, 15) is 8.42 Å². The molecule has 9 heteroatoms. The molecule has 0 saturated carbocycles. The van der Waals surface area contributed by atoms with Gasteiger partial charge in [-0.2, -0.15) is 5.10 Å². The maximum Gasteiger partial charge on any atom is 0.263 e. The first-order valence-electron chi connectivity index (χ1n) is 5.04. The number of hydrogen-bond donors (Lipinski definition) is 3. The molecule has 1 heterocycles. The van der Waals surface area contributed by atoms with Crippen LogP contribution in [-0.4, -0.2) is 23.7 Å². The van der Waals surface area contributed by atoms with Crippen molar-refractivity contribution in [1.29, 1.82) is 0 Å². The average Bonchev–Trinajstić information content (AvgIpc) is 2.83. The Balaban J connectivity index is 2.48. The molecule has 3 N–H and O–H groups in total. The molecule has 102 valence electrons. The predicted molar refractivity (Wildman–Crippen MR) is 71.8 cm³/mol. The van der Waals surface area contributed by atoms with Crippen LogP contribution in [0.5, 0.6) is 0 Å². The Morgan fingerprint density at radius 1 is 1.37 bits per heavy atom. The van der Waals surface area contributed by atoms with Crippen LogP contribution >= 0.6 is 23.2 Å². The van der Waals surface area contributed by atoms with Crippen LogP contribution in [0.25, 0.3) is 0 Å². The Kier molecular flexibility index (Phi) is 4.00. The van der Waals surface area contributed by atoms with Gasteiger partial charge in [-0.1, -0.05) is 23.2 Å². The number of benzene rings is 1. The standard InChI is InChI=1S/C10H9Cl2N3O3S/c11-7-1-6(5-16)10(12)9(2-7)19(17,18)15-8-3-13-14-4-8/h1-4,15-16H,5H2,(H,13,14). The smallest absolute Gasteiger partial charge is 0.263 e. The summed E-state index contributed by atoms with van der Waals surface area (Å²) in [5.41, 5.74) is 0.503. The number of H-pyrrole nitrogens is 1. The molecule has 19 heavy (non-hydrogen) atoms. The lowest BCUT2D eigenvalue weighted by Gasteiger charge is -2.10. The minimum Gasteiger partial charge on any atom is -0.392 e. The Morgan fingerprint density at radius 2 is 2.11 bits per heavy atom. The van der Waals surface area contributed by atoms with Crippen LogP contribution in [0, 0.1) is 0 Å². The van der Waals surface area contributed by atoms with Crippen molar-refractivity contribution < 1.29 is 13.5 Å². The van der Waals surface area contributed by atoms with E-state index in [1.807, 2.05) is 0 Å². The first kappa shape index (κ1) is 14.1. The van der Waals surface area contributed by atoms with E-state index in [0.29, 0.717) is 0 Å². The molecule has 1 aromatic heterocycles. The third-order valence-corrected chi connectivity index (χ3v) is 4.47. The Labute approximate surface area is 119 Å². The zero-order valence-corrected chi connectivity index (χ0v) is 11.7. The van der Waals surface area contributed by atoms with Crippen LogP contribution < -0.4 is 4.72 Å². The highest BCUT2D eigenvalue weighted by molar-refractivity contribution is 7.92. The van der Waals surface area contributed by atoms with Crippen molar-refractivity contribution in [3.63, 3.8) is 0 Å². The summed E-state index contributed by atoms with van der Waals surface area (Å²) in [6.07, 6.45) is 2.69. The number of hydrogen-bond acceptors (Lipinski definition) is 4. The number of halogens is 2. The summed E-state index contributed by atoms with van der Waals surface area (Å²) in [4.78, 5) is -0.202. The third kappa shape index (κ3) is 3.01. The molecule has 0 fully saturated rings. The summed E-state index contributed by atoms with van der Waals surface area (Å²) in [5, 5.41) is 15.3. The maximum atomic E-state index is 12.2. The highest BCUT2D eigenvalue weighted by Gasteiger charge is 2.21. The zero-order valence-electron chi connectivity index (χ0n) is 9.39. The van der Waals surface area contributed by atoms with Gasteiger partial charge >= 0.3 is 0 Å². The van der Waals surface area contributed by atoms with Gasteiger partial charge in [0.1, 0.15) is 4.90 Å². The Hall–Kier alpha value is -1.28. The van der Waals surface area contributed by atoms with Crippen molar-refractivity contribution in [2.45, 2.75) is 11.5 Å². The summed E-state index contributed by atoms with van der Waals surface area (Å²) >= 11 is 11.8. The fourth-order valence-electron chi connectivity index (χ4n) is 1.45. The van der Waals surface area contributed by atoms with Crippen molar-refractivity contribution >= 4 is 38.9 Å². The van der Waals surface area contributed by atoms with Crippen molar-refractivity contribution in [3.05, 3.63) is 40.1 Å². The lowest BCUT2D eigenvalue weighted by Crippen LogP contribution is -2.13. The molecule has 2 aromatic rings. The first-order chi connectivity index (χ1) is 8.94. The number of aromatic amines is 1. The van der Waals surface area contributed by atoms with E-state index < -0.39 is 16.6 Å². The lowest BCUT2D eigenvalue weighted by atomic mass is 10.2. The quantitative estimate of drug-likeness (QED) is 0.802. The number of aliphatic hydroxyl groups is 1. The molecule has 0 aliphatic heterocycles. The second-order valence-corrected chi connectivity index (χ2v) is 6.09. The summed E-state index contributed by atoms with van der Waals surface area (Å²) in [6, 6.07) is 2.62. The van der Waals surface area contributed by atoms with Gasteiger partial charge in [-0.3, -0.25) is 9.82 Å². The zero-order chi connectivity index (χ0) is 14.0. The van der Waals surface area contributed by atoms with Crippen molar-refractivity contribution in [3.8, 4) is 0 Å². The van der Waals surface area contributed by atoms with Gasteiger partial charge in [0.2, 0.25) is 0 Å². The normalized spacial score (nSPS) is 11.5. The Morgan fingerprint density at radius 3 is 2.68 bits per heavy atom. The predicted octanol–water partition coefficient (Wildman–Crippen LogP) is 2.01. The third-order valence-electron chi connectivity index (χ3n) is 2.29. The van der Waals surface area contributed by atoms with Crippen molar-refractivity contribution in [2.75, 3.05) is 4.72 Å². The van der Waals surface area contributed by atoms with Gasteiger partial charge in [-0.25, -0.2) is 8.42 Å². The van der Waals surface area contributed by atoms with Gasteiger partial charge < -0.3 is 5.11 Å². The molecule has 0 aliphatic carbocycles. The molecule has 0 amide bonds. The second kappa shape index (κ2) is 5.38. The monoisotopic (exact) mass is 321 g/mol. The van der Waals surface area contributed by atoms with Gasteiger partial charge in [-0.05, 0) is 17.7 Å². The molecule has 1 aromatic carbocycles. The number of nitrogens with one attached hydrogen (secondary N) is 2. The molecule has 6 nitrogen and oxygen atoms in total. The summed E-state index contributed by atoms with van der Waals surface area (Å²) < 4.78 is 26.6. The number of nitrogens with zero attached hydrogens (tertiary/aromatic N) is 1. The van der Waals surface area contributed by atoms with Crippen LogP contribution in [-0.2, 0) is 16.6 Å². The molecule has 0 aliphatic rings. The molecular formula is C10H9Cl2N3O3S. The Bertz CT molecular complexity index is 686. The first-order valence-corrected chi connectivity index (χ1v) is 7.28. The minimum absolute atomic E-state index is 0.0668. The fourth-order valence-corrected chi connectivity index (χ4v) is 3.41. The lowest BCUT2D eigenvalue weighted by molar-refractivity contribution is 0.281. The van der Waals surface area contributed by atoms with E-state index >= 15 is 0 Å². The van der Waals surface area contributed by atoms with Gasteiger partial charge in [0.05, 0.1) is 23.5 Å².